The van der Waals surface area contributed by atoms with Crippen molar-refractivity contribution in [1.82, 2.24) is 10.3 Å². The number of ether oxygens (including phenoxy) is 1. The Hall–Kier alpha value is -1.29. The van der Waals surface area contributed by atoms with E-state index in [-0.39, 0.29) is 5.54 Å². The summed E-state index contributed by atoms with van der Waals surface area (Å²) in [6.07, 6.45) is 9.49. The highest BCUT2D eigenvalue weighted by Gasteiger charge is 2.41. The number of anilines is 1. The standard InChI is InChI=1S/C17H27N3O/c1-2-13-21-15-7-6-10-19-16(15)20-12-11-18-14-17(20)8-4-3-5-9-17/h6-7,10,18H,2-5,8-9,11-14H2,1H3. The summed E-state index contributed by atoms with van der Waals surface area (Å²) in [5, 5.41) is 3.60. The zero-order valence-corrected chi connectivity index (χ0v) is 13.1. The molecule has 1 N–H and O–H groups in total. The molecule has 0 radical (unpaired) electrons. The Morgan fingerprint density at radius 3 is 3.00 bits per heavy atom. The van der Waals surface area contributed by atoms with Crippen molar-refractivity contribution in [3.8, 4) is 5.75 Å². The van der Waals surface area contributed by atoms with Crippen LogP contribution in [0.4, 0.5) is 5.82 Å². The van der Waals surface area contributed by atoms with Gasteiger partial charge >= 0.3 is 0 Å². The van der Waals surface area contributed by atoms with E-state index in [9.17, 15) is 0 Å². The summed E-state index contributed by atoms with van der Waals surface area (Å²) in [6.45, 7) is 6.04. The van der Waals surface area contributed by atoms with Crippen molar-refractivity contribution in [1.29, 1.82) is 0 Å². The Morgan fingerprint density at radius 1 is 1.33 bits per heavy atom. The van der Waals surface area contributed by atoms with Gasteiger partial charge in [0.1, 0.15) is 0 Å². The first-order valence-corrected chi connectivity index (χ1v) is 8.42. The van der Waals surface area contributed by atoms with Crippen molar-refractivity contribution in [3.63, 3.8) is 0 Å². The van der Waals surface area contributed by atoms with Crippen molar-refractivity contribution < 1.29 is 4.74 Å². The van der Waals surface area contributed by atoms with Crippen LogP contribution in [0.2, 0.25) is 0 Å². The molecular formula is C17H27N3O. The Labute approximate surface area is 127 Å². The molecule has 0 unspecified atom stereocenters. The van der Waals surface area contributed by atoms with E-state index >= 15 is 0 Å². The second kappa shape index (κ2) is 6.65. The van der Waals surface area contributed by atoms with Gasteiger partial charge in [0.15, 0.2) is 11.6 Å². The van der Waals surface area contributed by atoms with Gasteiger partial charge in [0, 0.05) is 25.8 Å². The second-order valence-electron chi connectivity index (χ2n) is 6.29. The van der Waals surface area contributed by atoms with Crippen LogP contribution in [0.3, 0.4) is 0 Å². The molecule has 21 heavy (non-hydrogen) atoms. The van der Waals surface area contributed by atoms with E-state index in [0.29, 0.717) is 0 Å². The molecule has 0 bridgehead atoms. The van der Waals surface area contributed by atoms with Crippen molar-refractivity contribution in [2.75, 3.05) is 31.1 Å². The number of rotatable bonds is 4. The number of nitrogens with zero attached hydrogens (tertiary/aromatic N) is 2. The van der Waals surface area contributed by atoms with Crippen molar-refractivity contribution >= 4 is 5.82 Å². The van der Waals surface area contributed by atoms with Gasteiger partial charge in [-0.05, 0) is 31.4 Å². The fourth-order valence-electron chi connectivity index (χ4n) is 3.74. The largest absolute Gasteiger partial charge is 0.490 e. The molecule has 1 aliphatic carbocycles. The van der Waals surface area contributed by atoms with Gasteiger partial charge in [0.2, 0.25) is 0 Å². The number of pyridine rings is 1. The highest BCUT2D eigenvalue weighted by atomic mass is 16.5. The maximum atomic E-state index is 5.95. The fraction of sp³-hybridized carbons (Fsp3) is 0.706. The first-order chi connectivity index (χ1) is 10.4. The van der Waals surface area contributed by atoms with Gasteiger partial charge in [-0.1, -0.05) is 26.2 Å². The summed E-state index contributed by atoms with van der Waals surface area (Å²) in [6, 6.07) is 4.04. The molecule has 0 aromatic carbocycles. The monoisotopic (exact) mass is 289 g/mol. The Bertz CT molecular complexity index is 449. The molecule has 2 fully saturated rings. The van der Waals surface area contributed by atoms with E-state index < -0.39 is 0 Å². The normalized spacial score (nSPS) is 21.5. The van der Waals surface area contributed by atoms with Crippen LogP contribution in [0, 0.1) is 0 Å². The molecule has 1 aromatic rings. The second-order valence-corrected chi connectivity index (χ2v) is 6.29. The molecule has 0 amide bonds. The van der Waals surface area contributed by atoms with Gasteiger partial charge in [-0.2, -0.15) is 0 Å². The van der Waals surface area contributed by atoms with Crippen LogP contribution in [0.15, 0.2) is 18.3 Å². The lowest BCUT2D eigenvalue weighted by molar-refractivity contribution is 0.235. The first-order valence-electron chi connectivity index (χ1n) is 8.42. The molecule has 4 nitrogen and oxygen atoms in total. The average molecular weight is 289 g/mol. The molecule has 4 heteroatoms. The fourth-order valence-corrected chi connectivity index (χ4v) is 3.74. The number of hydrogen-bond donors (Lipinski definition) is 1. The highest BCUT2D eigenvalue weighted by Crippen LogP contribution is 2.39. The molecule has 1 spiro atoms. The highest BCUT2D eigenvalue weighted by molar-refractivity contribution is 5.55. The summed E-state index contributed by atoms with van der Waals surface area (Å²) in [5.41, 5.74) is 0.245. The molecule has 2 aliphatic rings. The minimum absolute atomic E-state index is 0.245. The Balaban J connectivity index is 1.89. The Kier molecular flexibility index (Phi) is 4.63. The third-order valence-electron chi connectivity index (χ3n) is 4.79. The lowest BCUT2D eigenvalue weighted by Gasteiger charge is -2.50. The van der Waals surface area contributed by atoms with Gasteiger partial charge in [0.25, 0.3) is 0 Å². The summed E-state index contributed by atoms with van der Waals surface area (Å²) in [4.78, 5) is 7.21. The van der Waals surface area contributed by atoms with Crippen LogP contribution < -0.4 is 15.0 Å². The molecule has 3 rings (SSSR count). The zero-order chi connectivity index (χ0) is 14.5. The molecule has 1 saturated heterocycles. The van der Waals surface area contributed by atoms with E-state index in [4.69, 9.17) is 4.74 Å². The smallest absolute Gasteiger partial charge is 0.171 e. The van der Waals surface area contributed by atoms with Crippen molar-refractivity contribution in [2.24, 2.45) is 0 Å². The lowest BCUT2D eigenvalue weighted by atomic mass is 9.79. The number of piperazine rings is 1. The predicted octanol–water partition coefficient (Wildman–Crippen LogP) is 2.98. The van der Waals surface area contributed by atoms with Gasteiger partial charge in [0.05, 0.1) is 12.1 Å². The summed E-state index contributed by atoms with van der Waals surface area (Å²) < 4.78 is 5.95. The van der Waals surface area contributed by atoms with E-state index in [1.54, 1.807) is 0 Å². The van der Waals surface area contributed by atoms with E-state index in [1.165, 1.54) is 32.1 Å². The Morgan fingerprint density at radius 2 is 2.19 bits per heavy atom. The molecule has 116 valence electrons. The van der Waals surface area contributed by atoms with Crippen LogP contribution in [0.25, 0.3) is 0 Å². The maximum Gasteiger partial charge on any atom is 0.171 e. The van der Waals surface area contributed by atoms with Crippen LogP contribution in [-0.4, -0.2) is 36.8 Å². The van der Waals surface area contributed by atoms with Gasteiger partial charge in [-0.3, -0.25) is 0 Å². The molecular weight excluding hydrogens is 262 g/mol. The SMILES string of the molecule is CCCOc1cccnc1N1CCNCC12CCCCC2. The topological polar surface area (TPSA) is 37.4 Å². The van der Waals surface area contributed by atoms with Crippen LogP contribution >= 0.6 is 0 Å². The van der Waals surface area contributed by atoms with Crippen molar-refractivity contribution in [3.05, 3.63) is 18.3 Å². The minimum atomic E-state index is 0.245. The molecule has 1 saturated carbocycles. The van der Waals surface area contributed by atoms with Crippen LogP contribution in [0.5, 0.6) is 5.75 Å². The maximum absolute atomic E-state index is 5.95. The molecule has 2 heterocycles. The van der Waals surface area contributed by atoms with E-state index in [2.05, 4.69) is 28.2 Å². The number of aromatic nitrogens is 1. The lowest BCUT2D eigenvalue weighted by Crippen LogP contribution is -2.62. The van der Waals surface area contributed by atoms with E-state index in [0.717, 1.165) is 44.2 Å². The van der Waals surface area contributed by atoms with Gasteiger partial charge in [-0.15, -0.1) is 0 Å². The number of nitrogens with one attached hydrogen (secondary N) is 1. The zero-order valence-electron chi connectivity index (χ0n) is 13.1. The van der Waals surface area contributed by atoms with Crippen LogP contribution in [-0.2, 0) is 0 Å². The third kappa shape index (κ3) is 3.00. The molecule has 0 atom stereocenters. The van der Waals surface area contributed by atoms with E-state index in [1.807, 2.05) is 12.3 Å². The molecule has 1 aliphatic heterocycles. The van der Waals surface area contributed by atoms with Crippen LogP contribution in [0.1, 0.15) is 45.4 Å². The summed E-state index contributed by atoms with van der Waals surface area (Å²) >= 11 is 0. The number of hydrogen-bond acceptors (Lipinski definition) is 4. The van der Waals surface area contributed by atoms with Gasteiger partial charge < -0.3 is 15.0 Å². The molecule has 1 aromatic heterocycles. The predicted molar refractivity (Wildman–Crippen MR) is 86.1 cm³/mol. The summed E-state index contributed by atoms with van der Waals surface area (Å²) in [7, 11) is 0. The average Bonchev–Trinajstić information content (AvgIpc) is 2.55. The third-order valence-corrected chi connectivity index (χ3v) is 4.79. The summed E-state index contributed by atoms with van der Waals surface area (Å²) in [5.74, 6) is 2.00. The quantitative estimate of drug-likeness (QED) is 0.924. The van der Waals surface area contributed by atoms with Gasteiger partial charge in [-0.25, -0.2) is 4.98 Å². The first kappa shape index (κ1) is 14.6. The minimum Gasteiger partial charge on any atom is -0.490 e. The van der Waals surface area contributed by atoms with Crippen molar-refractivity contribution in [2.45, 2.75) is 51.0 Å².